The molecule has 0 amide bonds. The second-order valence-corrected chi connectivity index (χ2v) is 5.45. The van der Waals surface area contributed by atoms with Crippen molar-refractivity contribution in [2.24, 2.45) is 0 Å². The lowest BCUT2D eigenvalue weighted by Gasteiger charge is -2.43. The number of rotatable bonds is 6. The molecule has 4 nitrogen and oxygen atoms in total. The highest BCUT2D eigenvalue weighted by atomic mass is 16.4. The van der Waals surface area contributed by atoms with Crippen molar-refractivity contribution in [1.82, 2.24) is 4.90 Å². The van der Waals surface area contributed by atoms with E-state index in [9.17, 15) is 15.0 Å². The molecule has 1 aromatic rings. The Morgan fingerprint density at radius 2 is 1.95 bits per heavy atom. The van der Waals surface area contributed by atoms with Crippen LogP contribution >= 0.6 is 0 Å². The number of carbonyl (C=O) groups is 1. The summed E-state index contributed by atoms with van der Waals surface area (Å²) in [5.41, 5.74) is 1.08. The number of aromatic hydroxyl groups is 1. The molecule has 0 fully saturated rings. The molecule has 0 heterocycles. The van der Waals surface area contributed by atoms with E-state index in [1.807, 2.05) is 11.0 Å². The van der Waals surface area contributed by atoms with Crippen LogP contribution in [0.4, 0.5) is 0 Å². The van der Waals surface area contributed by atoms with Gasteiger partial charge in [0.2, 0.25) is 0 Å². The van der Waals surface area contributed by atoms with Gasteiger partial charge in [0.1, 0.15) is 11.3 Å². The predicted octanol–water partition coefficient (Wildman–Crippen LogP) is 2.38. The number of fused-ring (bicyclic) bond motifs is 1. The molecule has 0 aliphatic heterocycles. The number of aliphatic carboxylic acids is 1. The second kappa shape index (κ2) is 6.14. The number of hydrogen-bond donors (Lipinski definition) is 2. The number of carboxylic acid groups (broad SMARTS) is 1. The molecule has 0 bridgehead atoms. The average molecular weight is 287 g/mol. The molecule has 1 atom stereocenters. The van der Waals surface area contributed by atoms with Crippen LogP contribution in [0.15, 0.2) is 43.5 Å². The molecule has 1 aliphatic carbocycles. The zero-order chi connectivity index (χ0) is 15.5. The minimum atomic E-state index is -0.938. The van der Waals surface area contributed by atoms with E-state index in [-0.39, 0.29) is 5.75 Å². The number of phenols is 1. The molecule has 0 aromatic heterocycles. The van der Waals surface area contributed by atoms with Gasteiger partial charge in [-0.05, 0) is 36.1 Å². The Morgan fingerprint density at radius 1 is 1.29 bits per heavy atom. The number of nitrogens with zero attached hydrogens (tertiary/aromatic N) is 1. The van der Waals surface area contributed by atoms with Crippen molar-refractivity contribution in [2.75, 3.05) is 13.1 Å². The third-order valence-electron chi connectivity index (χ3n) is 4.18. The zero-order valence-corrected chi connectivity index (χ0v) is 12.1. The number of carboxylic acids is 1. The van der Waals surface area contributed by atoms with Gasteiger partial charge >= 0.3 is 5.97 Å². The number of hydrogen-bond acceptors (Lipinski definition) is 3. The van der Waals surface area contributed by atoms with E-state index >= 15 is 0 Å². The van der Waals surface area contributed by atoms with Gasteiger partial charge in [-0.1, -0.05) is 18.2 Å². The highest BCUT2D eigenvalue weighted by Crippen LogP contribution is 2.35. The molecular weight excluding hydrogens is 266 g/mol. The molecule has 21 heavy (non-hydrogen) atoms. The van der Waals surface area contributed by atoms with Crippen LogP contribution in [0, 0.1) is 0 Å². The molecule has 0 radical (unpaired) electrons. The maximum atomic E-state index is 12.0. The number of aryl methyl sites for hydroxylation is 1. The Labute approximate surface area is 125 Å². The van der Waals surface area contributed by atoms with Gasteiger partial charge in [-0.2, -0.15) is 0 Å². The van der Waals surface area contributed by atoms with E-state index in [0.717, 1.165) is 11.1 Å². The standard InChI is InChI=1S/C17H21NO3/c1-3-9-18(10-4-2)17(16(20)21)8-7-13-11-15(19)6-5-14(13)12-17/h3-6,11,19H,1-2,7-10,12H2,(H,20,21). The average Bonchev–Trinajstić information content (AvgIpc) is 2.46. The fraction of sp³-hybridized carbons (Fsp3) is 0.353. The smallest absolute Gasteiger partial charge is 0.324 e. The van der Waals surface area contributed by atoms with E-state index in [0.29, 0.717) is 32.4 Å². The maximum Gasteiger partial charge on any atom is 0.324 e. The summed E-state index contributed by atoms with van der Waals surface area (Å²) in [6.07, 6.45) is 5.03. The fourth-order valence-electron chi connectivity index (χ4n) is 3.09. The van der Waals surface area contributed by atoms with Gasteiger partial charge in [0, 0.05) is 19.5 Å². The summed E-state index contributed by atoms with van der Waals surface area (Å²) >= 11 is 0. The van der Waals surface area contributed by atoms with Crippen molar-refractivity contribution in [1.29, 1.82) is 0 Å². The second-order valence-electron chi connectivity index (χ2n) is 5.45. The van der Waals surface area contributed by atoms with Gasteiger partial charge in [0.15, 0.2) is 0 Å². The molecule has 1 aromatic carbocycles. The van der Waals surface area contributed by atoms with E-state index in [2.05, 4.69) is 13.2 Å². The lowest BCUT2D eigenvalue weighted by atomic mass is 9.76. The minimum absolute atomic E-state index is 0.227. The molecule has 1 aliphatic rings. The van der Waals surface area contributed by atoms with Crippen molar-refractivity contribution < 1.29 is 15.0 Å². The van der Waals surface area contributed by atoms with Crippen molar-refractivity contribution in [3.05, 3.63) is 54.6 Å². The van der Waals surface area contributed by atoms with Gasteiger partial charge in [-0.3, -0.25) is 9.69 Å². The molecule has 2 rings (SSSR count). The summed E-state index contributed by atoms with van der Waals surface area (Å²) in [6, 6.07) is 5.16. The van der Waals surface area contributed by atoms with Gasteiger partial charge in [-0.25, -0.2) is 0 Å². The molecular formula is C17H21NO3. The lowest BCUT2D eigenvalue weighted by Crippen LogP contribution is -2.58. The first kappa shape index (κ1) is 15.3. The molecule has 0 saturated heterocycles. The third kappa shape index (κ3) is 2.85. The first-order valence-electron chi connectivity index (χ1n) is 7.04. The minimum Gasteiger partial charge on any atom is -0.508 e. The Hall–Kier alpha value is -2.07. The normalized spacial score (nSPS) is 20.8. The first-order chi connectivity index (χ1) is 10.0. The molecule has 4 heteroatoms. The summed E-state index contributed by atoms with van der Waals surface area (Å²) in [6.45, 7) is 8.46. The van der Waals surface area contributed by atoms with Crippen LogP contribution in [0.25, 0.3) is 0 Å². The van der Waals surface area contributed by atoms with Gasteiger partial charge in [0.05, 0.1) is 0 Å². The van der Waals surface area contributed by atoms with Crippen molar-refractivity contribution in [3.8, 4) is 5.75 Å². The van der Waals surface area contributed by atoms with E-state index in [1.165, 1.54) is 0 Å². The van der Waals surface area contributed by atoms with Crippen LogP contribution in [0.1, 0.15) is 17.5 Å². The van der Waals surface area contributed by atoms with Crippen LogP contribution in [0.5, 0.6) is 5.75 Å². The molecule has 112 valence electrons. The van der Waals surface area contributed by atoms with Crippen LogP contribution in [-0.2, 0) is 17.6 Å². The monoisotopic (exact) mass is 287 g/mol. The number of benzene rings is 1. The quantitative estimate of drug-likeness (QED) is 0.789. The van der Waals surface area contributed by atoms with Crippen LogP contribution in [0.3, 0.4) is 0 Å². The predicted molar refractivity (Wildman–Crippen MR) is 82.5 cm³/mol. The van der Waals surface area contributed by atoms with Crippen molar-refractivity contribution >= 4 is 5.97 Å². The lowest BCUT2D eigenvalue weighted by molar-refractivity contribution is -0.152. The molecule has 0 spiro atoms. The zero-order valence-electron chi connectivity index (χ0n) is 12.1. The molecule has 2 N–H and O–H groups in total. The van der Waals surface area contributed by atoms with E-state index < -0.39 is 11.5 Å². The largest absolute Gasteiger partial charge is 0.508 e. The Kier molecular flexibility index (Phi) is 4.48. The summed E-state index contributed by atoms with van der Waals surface area (Å²) < 4.78 is 0. The van der Waals surface area contributed by atoms with Crippen LogP contribution in [-0.4, -0.2) is 39.7 Å². The highest BCUT2D eigenvalue weighted by Gasteiger charge is 2.45. The van der Waals surface area contributed by atoms with Gasteiger partial charge in [0.25, 0.3) is 0 Å². The SMILES string of the molecule is C=CCN(CC=C)C1(C(=O)O)CCc2cc(O)ccc2C1. The fourth-order valence-corrected chi connectivity index (χ4v) is 3.09. The molecule has 1 unspecified atom stereocenters. The summed E-state index contributed by atoms with van der Waals surface area (Å²) in [5.74, 6) is -0.587. The molecule has 0 saturated carbocycles. The van der Waals surface area contributed by atoms with Gasteiger partial charge < -0.3 is 10.2 Å². The van der Waals surface area contributed by atoms with Gasteiger partial charge in [-0.15, -0.1) is 13.2 Å². The van der Waals surface area contributed by atoms with Crippen LogP contribution in [0.2, 0.25) is 0 Å². The van der Waals surface area contributed by atoms with E-state index in [1.54, 1.807) is 24.3 Å². The maximum absolute atomic E-state index is 12.0. The summed E-state index contributed by atoms with van der Waals surface area (Å²) in [5, 5.41) is 19.4. The Bertz CT molecular complexity index is 557. The summed E-state index contributed by atoms with van der Waals surface area (Å²) in [7, 11) is 0. The highest BCUT2D eigenvalue weighted by molar-refractivity contribution is 5.80. The Balaban J connectivity index is 2.40. The van der Waals surface area contributed by atoms with E-state index in [4.69, 9.17) is 0 Å². The van der Waals surface area contributed by atoms with Crippen molar-refractivity contribution in [2.45, 2.75) is 24.8 Å². The topological polar surface area (TPSA) is 60.8 Å². The summed E-state index contributed by atoms with van der Waals surface area (Å²) in [4.78, 5) is 13.9. The van der Waals surface area contributed by atoms with Crippen LogP contribution < -0.4 is 0 Å². The third-order valence-corrected chi connectivity index (χ3v) is 4.18. The van der Waals surface area contributed by atoms with Crippen molar-refractivity contribution in [3.63, 3.8) is 0 Å². The Morgan fingerprint density at radius 3 is 2.52 bits per heavy atom. The number of phenolic OH excluding ortho intramolecular Hbond substituents is 1. The first-order valence-corrected chi connectivity index (χ1v) is 7.04.